The zero-order valence-electron chi connectivity index (χ0n) is 14.4. The molecule has 0 radical (unpaired) electrons. The monoisotopic (exact) mass is 349 g/mol. The molecule has 0 aromatic carbocycles. The van der Waals surface area contributed by atoms with Crippen LogP contribution in [0.1, 0.15) is 32.6 Å². The van der Waals surface area contributed by atoms with Gasteiger partial charge in [-0.25, -0.2) is 4.40 Å². The minimum atomic E-state index is -0.0710. The van der Waals surface area contributed by atoms with E-state index >= 15 is 0 Å². The summed E-state index contributed by atoms with van der Waals surface area (Å²) in [6, 6.07) is 0. The van der Waals surface area contributed by atoms with Gasteiger partial charge < -0.3 is 5.11 Å². The molecule has 0 bridgehead atoms. The van der Waals surface area contributed by atoms with Crippen molar-refractivity contribution in [2.75, 3.05) is 26.2 Å². The number of aliphatic hydroxyl groups is 1. The van der Waals surface area contributed by atoms with Gasteiger partial charge in [-0.2, -0.15) is 4.91 Å². The second kappa shape index (κ2) is 9.79. The number of allylic oxidation sites excluding steroid dienone is 2. The second-order valence-electron chi connectivity index (χ2n) is 6.43. The van der Waals surface area contributed by atoms with E-state index in [9.17, 15) is 4.91 Å². The van der Waals surface area contributed by atoms with Gasteiger partial charge in [-0.05, 0) is 31.6 Å². The number of hydrogen-bond donors (Lipinski definition) is 1. The van der Waals surface area contributed by atoms with E-state index in [1.807, 2.05) is 0 Å². The lowest BCUT2D eigenvalue weighted by molar-refractivity contribution is 0.233. The molecule has 0 aromatic heterocycles. The van der Waals surface area contributed by atoms with Crippen molar-refractivity contribution in [2.24, 2.45) is 21.4 Å². The minimum absolute atomic E-state index is 0.0490. The van der Waals surface area contributed by atoms with E-state index in [2.05, 4.69) is 40.1 Å². The zero-order valence-corrected chi connectivity index (χ0v) is 15.2. The van der Waals surface area contributed by atoms with Gasteiger partial charge in [0, 0.05) is 42.4 Å². The van der Waals surface area contributed by atoms with E-state index < -0.39 is 0 Å². The maximum atomic E-state index is 10.9. The van der Waals surface area contributed by atoms with Gasteiger partial charge >= 0.3 is 0 Å². The topological polar surface area (TPSA) is 65.3 Å². The van der Waals surface area contributed by atoms with Crippen LogP contribution in [0.3, 0.4) is 0 Å². The second-order valence-corrected chi connectivity index (χ2v) is 7.29. The summed E-state index contributed by atoms with van der Waals surface area (Å²) in [6.07, 6.45) is 10.5. The van der Waals surface area contributed by atoms with E-state index in [0.29, 0.717) is 5.92 Å². The van der Waals surface area contributed by atoms with Gasteiger partial charge in [-0.1, -0.05) is 36.4 Å². The first-order chi connectivity index (χ1) is 11.6. The van der Waals surface area contributed by atoms with Crippen LogP contribution in [0.4, 0.5) is 0 Å². The molecule has 6 heteroatoms. The van der Waals surface area contributed by atoms with Crippen LogP contribution in [-0.4, -0.2) is 42.4 Å². The summed E-state index contributed by atoms with van der Waals surface area (Å²) in [7, 11) is 0. The molecule has 1 heterocycles. The van der Waals surface area contributed by atoms with Crippen molar-refractivity contribution in [2.45, 2.75) is 32.6 Å². The summed E-state index contributed by atoms with van der Waals surface area (Å²) < 4.78 is 4.14. The third-order valence-electron chi connectivity index (χ3n) is 4.57. The lowest BCUT2D eigenvalue weighted by Gasteiger charge is -2.32. The van der Waals surface area contributed by atoms with Gasteiger partial charge in [0.25, 0.3) is 0 Å². The molecule has 1 aliphatic heterocycles. The number of nitrogens with zero attached hydrogens (tertiary/aromatic N) is 3. The van der Waals surface area contributed by atoms with Crippen molar-refractivity contribution in [3.05, 3.63) is 39.9 Å². The third kappa shape index (κ3) is 5.60. The van der Waals surface area contributed by atoms with Crippen LogP contribution in [0, 0.1) is 16.7 Å². The van der Waals surface area contributed by atoms with Gasteiger partial charge in [0.2, 0.25) is 0 Å². The molecular weight excluding hydrogens is 322 g/mol. The number of nitroso groups, excluding NO2 is 1. The Morgan fingerprint density at radius 1 is 1.62 bits per heavy atom. The van der Waals surface area contributed by atoms with E-state index in [1.165, 1.54) is 37.4 Å². The van der Waals surface area contributed by atoms with E-state index in [1.54, 1.807) is 5.57 Å². The third-order valence-corrected chi connectivity index (χ3v) is 5.50. The van der Waals surface area contributed by atoms with Crippen molar-refractivity contribution >= 4 is 18.2 Å². The summed E-state index contributed by atoms with van der Waals surface area (Å²) in [6.45, 7) is 8.58. The molecule has 1 aliphatic carbocycles. The molecule has 0 amide bonds. The molecule has 5 nitrogen and oxygen atoms in total. The molecule has 1 N–H and O–H groups in total. The number of hydrogen-bond acceptors (Lipinski definition) is 6. The summed E-state index contributed by atoms with van der Waals surface area (Å²) in [5.74, 6) is 0.678. The van der Waals surface area contributed by atoms with Gasteiger partial charge in [0.15, 0.2) is 0 Å². The minimum Gasteiger partial charge on any atom is -0.507 e. The molecule has 24 heavy (non-hydrogen) atoms. The van der Waals surface area contributed by atoms with Crippen LogP contribution >= 0.6 is 11.9 Å². The molecule has 1 fully saturated rings. The maximum absolute atomic E-state index is 10.9. The molecule has 0 aromatic rings. The Morgan fingerprint density at radius 3 is 3.17 bits per heavy atom. The largest absolute Gasteiger partial charge is 0.507 e. The van der Waals surface area contributed by atoms with Crippen molar-refractivity contribution < 1.29 is 5.11 Å². The van der Waals surface area contributed by atoms with E-state index in [-0.39, 0.29) is 18.2 Å². The first-order valence-electron chi connectivity index (χ1n) is 8.62. The Labute approximate surface area is 148 Å². The fraction of sp³-hybridized carbons (Fsp3) is 0.611. The Morgan fingerprint density at radius 2 is 2.46 bits per heavy atom. The first kappa shape index (κ1) is 18.9. The van der Waals surface area contributed by atoms with Crippen molar-refractivity contribution in [1.29, 1.82) is 0 Å². The summed E-state index contributed by atoms with van der Waals surface area (Å²) in [5.41, 5.74) is 1.63. The lowest BCUT2D eigenvalue weighted by atomic mass is 9.97. The summed E-state index contributed by atoms with van der Waals surface area (Å²) in [5, 5.41) is 12.3. The highest BCUT2D eigenvalue weighted by Crippen LogP contribution is 2.35. The van der Waals surface area contributed by atoms with Crippen LogP contribution in [0.25, 0.3) is 0 Å². The number of aliphatic hydroxyl groups excluding tert-OH is 1. The molecular formula is C18H27N3O2S. The molecule has 132 valence electrons. The zero-order chi connectivity index (χ0) is 17.4. The molecule has 2 atom stereocenters. The summed E-state index contributed by atoms with van der Waals surface area (Å²) in [4.78, 5) is 14.4. The normalized spacial score (nSPS) is 23.1. The highest BCUT2D eigenvalue weighted by atomic mass is 32.2. The Kier molecular flexibility index (Phi) is 7.72. The Balaban J connectivity index is 2.01. The highest BCUT2D eigenvalue weighted by Gasteiger charge is 2.28. The van der Waals surface area contributed by atoms with Crippen molar-refractivity contribution in [3.8, 4) is 0 Å². The van der Waals surface area contributed by atoms with Gasteiger partial charge in [0.1, 0.15) is 5.76 Å². The van der Waals surface area contributed by atoms with Crippen LogP contribution < -0.4 is 0 Å². The lowest BCUT2D eigenvalue weighted by Crippen LogP contribution is -2.37. The van der Waals surface area contributed by atoms with Crippen LogP contribution in [0.15, 0.2) is 44.5 Å². The Bertz CT molecular complexity index is 542. The number of rotatable bonds is 9. The molecule has 1 saturated carbocycles. The average Bonchev–Trinajstić information content (AvgIpc) is 3.01. The van der Waals surface area contributed by atoms with E-state index in [4.69, 9.17) is 5.11 Å². The predicted octanol–water partition coefficient (Wildman–Crippen LogP) is 4.50. The summed E-state index contributed by atoms with van der Waals surface area (Å²) >= 11 is 1.30. The fourth-order valence-corrected chi connectivity index (χ4v) is 4.30. The van der Waals surface area contributed by atoms with Crippen LogP contribution in [0.5, 0.6) is 0 Å². The molecule has 0 spiro atoms. The van der Waals surface area contributed by atoms with Gasteiger partial charge in [-0.3, -0.25) is 4.90 Å². The molecule has 2 aliphatic rings. The Hall–Kier alpha value is -1.40. The smallest absolute Gasteiger partial charge is 0.127 e. The van der Waals surface area contributed by atoms with Crippen LogP contribution in [0.2, 0.25) is 0 Å². The average molecular weight is 350 g/mol. The quantitative estimate of drug-likeness (QED) is 0.219. The molecule has 2 unspecified atom stereocenters. The SMILES string of the molecule is C=C(O)/C=N\S/C(=C\CC)C(CN=O)CN1CC=C2CCCC2C1. The van der Waals surface area contributed by atoms with Crippen LogP contribution in [-0.2, 0) is 0 Å². The number of fused-ring (bicyclic) bond motifs is 1. The first-order valence-corrected chi connectivity index (χ1v) is 9.40. The highest BCUT2D eigenvalue weighted by molar-refractivity contribution is 8.02. The predicted molar refractivity (Wildman–Crippen MR) is 102 cm³/mol. The molecule has 2 rings (SSSR count). The van der Waals surface area contributed by atoms with E-state index in [0.717, 1.165) is 31.0 Å². The van der Waals surface area contributed by atoms with Gasteiger partial charge in [0.05, 0.1) is 12.8 Å². The molecule has 0 saturated heterocycles. The fourth-order valence-electron chi connectivity index (χ4n) is 3.47. The van der Waals surface area contributed by atoms with Crippen molar-refractivity contribution in [1.82, 2.24) is 4.90 Å². The van der Waals surface area contributed by atoms with Crippen molar-refractivity contribution in [3.63, 3.8) is 0 Å². The van der Waals surface area contributed by atoms with Gasteiger partial charge in [-0.15, -0.1) is 0 Å². The standard InChI is InChI=1S/C18H27N3O2S/c1-3-5-18(24-20-10-14(2)22)17(11-19-23)13-21-9-8-15-6-4-7-16(15)12-21/h5,8,10,16-17,22H,2-4,6-7,9,11-13H2,1H3/b18-5-,20-10-. The maximum Gasteiger partial charge on any atom is 0.127 e.